The molecule has 10 atom stereocenters. The van der Waals surface area contributed by atoms with Crippen LogP contribution in [0.4, 0.5) is 0 Å². The fourth-order valence-electron chi connectivity index (χ4n) is 2.58. The van der Waals surface area contributed by atoms with E-state index in [0.717, 1.165) is 0 Å². The van der Waals surface area contributed by atoms with Crippen LogP contribution >= 0.6 is 0 Å². The van der Waals surface area contributed by atoms with Crippen molar-refractivity contribution in [2.75, 3.05) is 13.2 Å². The molecular formula is C12H22O12. The molecule has 0 aromatic rings. The van der Waals surface area contributed by atoms with Crippen molar-refractivity contribution >= 4 is 0 Å². The van der Waals surface area contributed by atoms with Gasteiger partial charge in [-0.05, 0) is 0 Å². The molecule has 2 heterocycles. The fourth-order valence-corrected chi connectivity index (χ4v) is 2.58. The van der Waals surface area contributed by atoms with Crippen molar-refractivity contribution < 1.29 is 60.2 Å². The molecule has 2 rings (SSSR count). The summed E-state index contributed by atoms with van der Waals surface area (Å²) >= 11 is 0. The molecule has 0 aliphatic carbocycles. The number of hydrogen-bond acceptors (Lipinski definition) is 12. The third-order valence-electron chi connectivity index (χ3n) is 4.09. The summed E-state index contributed by atoms with van der Waals surface area (Å²) in [5.41, 5.74) is 0. The third kappa shape index (κ3) is 3.41. The van der Waals surface area contributed by atoms with Crippen LogP contribution in [0.25, 0.3) is 0 Å². The van der Waals surface area contributed by atoms with Gasteiger partial charge in [-0.15, -0.1) is 0 Å². The van der Waals surface area contributed by atoms with Crippen LogP contribution in [0, 0.1) is 0 Å². The summed E-state index contributed by atoms with van der Waals surface area (Å²) in [5, 5.41) is 86.4. The first-order valence-electron chi connectivity index (χ1n) is 7.17. The van der Waals surface area contributed by atoms with Crippen LogP contribution < -0.4 is 0 Å². The molecule has 24 heavy (non-hydrogen) atoms. The molecule has 2 fully saturated rings. The van der Waals surface area contributed by atoms with E-state index in [1.807, 2.05) is 0 Å². The molecule has 12 nitrogen and oxygen atoms in total. The highest BCUT2D eigenvalue weighted by Gasteiger charge is 2.55. The van der Waals surface area contributed by atoms with Gasteiger partial charge < -0.3 is 60.2 Å². The summed E-state index contributed by atoms with van der Waals surface area (Å²) in [4.78, 5) is 0. The summed E-state index contributed by atoms with van der Waals surface area (Å²) in [7, 11) is 0. The summed E-state index contributed by atoms with van der Waals surface area (Å²) in [6.45, 7) is -1.89. The largest absolute Gasteiger partial charge is 0.394 e. The zero-order chi connectivity index (χ0) is 18.2. The van der Waals surface area contributed by atoms with Crippen molar-refractivity contribution in [1.82, 2.24) is 0 Å². The van der Waals surface area contributed by atoms with Crippen LogP contribution in [0.2, 0.25) is 0 Å². The SMILES string of the molecule is OC[C@H]1O[C@@H](O)[C@H](O)[C@@H](O)[C@@H]1O[C@H]1O[C@](O)(CO)[C@H](O)[C@@H](O)[C@H]1O. The van der Waals surface area contributed by atoms with Gasteiger partial charge in [0.1, 0.15) is 42.7 Å². The standard InChI is InChI=1S/C12H22O12/c13-1-3-8(4(15)6(17)10(20)22-3)23-11-7(18)5(16)9(19)12(21,2-14)24-11/h3-11,13-21H,1-2H2/t3-,4-,5+,6-,7-,8-,9-,10-,11+,12-/m1/s1. The average molecular weight is 358 g/mol. The molecule has 0 spiro atoms. The van der Waals surface area contributed by atoms with Crippen LogP contribution in [-0.4, -0.2) is 120 Å². The molecule has 0 unspecified atom stereocenters. The minimum Gasteiger partial charge on any atom is -0.394 e. The van der Waals surface area contributed by atoms with Gasteiger partial charge in [-0.25, -0.2) is 0 Å². The van der Waals surface area contributed by atoms with Gasteiger partial charge >= 0.3 is 0 Å². The lowest BCUT2D eigenvalue weighted by atomic mass is 9.95. The first kappa shape index (κ1) is 19.8. The zero-order valence-corrected chi connectivity index (χ0v) is 12.4. The van der Waals surface area contributed by atoms with Crippen LogP contribution in [-0.2, 0) is 14.2 Å². The molecule has 2 saturated heterocycles. The monoisotopic (exact) mass is 358 g/mol. The Labute approximate surface area is 135 Å². The van der Waals surface area contributed by atoms with E-state index in [1.165, 1.54) is 0 Å². The Morgan fingerprint density at radius 1 is 0.875 bits per heavy atom. The number of hydrogen-bond donors (Lipinski definition) is 9. The van der Waals surface area contributed by atoms with Gasteiger partial charge in [-0.1, -0.05) is 0 Å². The highest BCUT2D eigenvalue weighted by molar-refractivity contribution is 4.96. The quantitative estimate of drug-likeness (QED) is 0.230. The summed E-state index contributed by atoms with van der Waals surface area (Å²) in [6, 6.07) is 0. The van der Waals surface area contributed by atoms with Crippen LogP contribution in [0.3, 0.4) is 0 Å². The lowest BCUT2D eigenvalue weighted by Crippen LogP contribution is -2.68. The Bertz CT molecular complexity index is 421. The smallest absolute Gasteiger partial charge is 0.221 e. The summed E-state index contributed by atoms with van der Waals surface area (Å²) in [5.74, 6) is -2.66. The second-order valence-corrected chi connectivity index (χ2v) is 5.74. The molecule has 2 aliphatic heterocycles. The van der Waals surface area contributed by atoms with E-state index >= 15 is 0 Å². The van der Waals surface area contributed by atoms with Gasteiger partial charge in [0.25, 0.3) is 0 Å². The summed E-state index contributed by atoms with van der Waals surface area (Å²) < 4.78 is 14.9. The number of rotatable bonds is 4. The lowest BCUT2D eigenvalue weighted by Gasteiger charge is -2.47. The Kier molecular flexibility index (Phi) is 6.12. The molecule has 2 aliphatic rings. The first-order valence-corrected chi connectivity index (χ1v) is 7.17. The second kappa shape index (κ2) is 7.41. The second-order valence-electron chi connectivity index (χ2n) is 5.74. The van der Waals surface area contributed by atoms with Crippen molar-refractivity contribution in [3.8, 4) is 0 Å². The van der Waals surface area contributed by atoms with Crippen molar-refractivity contribution in [2.24, 2.45) is 0 Å². The van der Waals surface area contributed by atoms with E-state index in [0.29, 0.717) is 0 Å². The van der Waals surface area contributed by atoms with Crippen molar-refractivity contribution in [3.63, 3.8) is 0 Å². The predicted molar refractivity (Wildman–Crippen MR) is 69.8 cm³/mol. The van der Waals surface area contributed by atoms with Crippen molar-refractivity contribution in [1.29, 1.82) is 0 Å². The van der Waals surface area contributed by atoms with Gasteiger partial charge in [0.05, 0.1) is 13.2 Å². The van der Waals surface area contributed by atoms with Gasteiger partial charge in [0.15, 0.2) is 12.6 Å². The van der Waals surface area contributed by atoms with Crippen LogP contribution in [0.5, 0.6) is 0 Å². The molecule has 0 amide bonds. The minimum absolute atomic E-state index is 0.746. The number of aliphatic hydroxyl groups is 9. The molecule has 12 heteroatoms. The average Bonchev–Trinajstić information content (AvgIpc) is 2.57. The van der Waals surface area contributed by atoms with E-state index in [1.54, 1.807) is 0 Å². The van der Waals surface area contributed by atoms with Gasteiger partial charge in [-0.3, -0.25) is 0 Å². The van der Waals surface area contributed by atoms with E-state index < -0.39 is 74.3 Å². The molecule has 0 saturated carbocycles. The van der Waals surface area contributed by atoms with E-state index in [2.05, 4.69) is 0 Å². The Morgan fingerprint density at radius 2 is 1.50 bits per heavy atom. The van der Waals surface area contributed by atoms with Crippen LogP contribution in [0.1, 0.15) is 0 Å². The van der Waals surface area contributed by atoms with E-state index in [9.17, 15) is 40.9 Å². The maximum Gasteiger partial charge on any atom is 0.221 e. The van der Waals surface area contributed by atoms with E-state index in [4.69, 9.17) is 19.3 Å². The highest BCUT2D eigenvalue weighted by atomic mass is 16.8. The maximum atomic E-state index is 9.94. The molecule has 9 N–H and O–H groups in total. The fraction of sp³-hybridized carbons (Fsp3) is 1.00. The normalized spacial score (nSPS) is 53.1. The number of ether oxygens (including phenoxy) is 3. The Morgan fingerprint density at radius 3 is 2.04 bits per heavy atom. The third-order valence-corrected chi connectivity index (χ3v) is 4.09. The van der Waals surface area contributed by atoms with E-state index in [-0.39, 0.29) is 0 Å². The minimum atomic E-state index is -2.66. The maximum absolute atomic E-state index is 9.94. The summed E-state index contributed by atoms with van der Waals surface area (Å²) in [6.07, 6.45) is -16.0. The predicted octanol–water partition coefficient (Wildman–Crippen LogP) is -6.08. The molecule has 0 bridgehead atoms. The molecule has 0 aromatic carbocycles. The molecule has 0 radical (unpaired) electrons. The topological polar surface area (TPSA) is 210 Å². The van der Waals surface area contributed by atoms with Crippen molar-refractivity contribution in [2.45, 2.75) is 61.1 Å². The van der Waals surface area contributed by atoms with Gasteiger partial charge in [0.2, 0.25) is 5.79 Å². The van der Waals surface area contributed by atoms with Gasteiger partial charge in [-0.2, -0.15) is 0 Å². The van der Waals surface area contributed by atoms with Crippen LogP contribution in [0.15, 0.2) is 0 Å². The Balaban J connectivity index is 2.18. The first-order chi connectivity index (χ1) is 11.2. The lowest BCUT2D eigenvalue weighted by molar-refractivity contribution is -0.416. The number of aliphatic hydroxyl groups excluding tert-OH is 8. The zero-order valence-electron chi connectivity index (χ0n) is 12.4. The molecule has 142 valence electrons. The Hall–Kier alpha value is -0.480. The highest BCUT2D eigenvalue weighted by Crippen LogP contribution is 2.31. The van der Waals surface area contributed by atoms with Crippen molar-refractivity contribution in [3.05, 3.63) is 0 Å². The molecular weight excluding hydrogens is 336 g/mol. The van der Waals surface area contributed by atoms with Gasteiger partial charge in [0, 0.05) is 0 Å². The molecule has 0 aromatic heterocycles.